The second-order valence-electron chi connectivity index (χ2n) is 5.35. The summed E-state index contributed by atoms with van der Waals surface area (Å²) in [6.45, 7) is 12.5. The van der Waals surface area contributed by atoms with Crippen LogP contribution in [0.2, 0.25) is 0 Å². The largest absolute Gasteiger partial charge is 0.465 e. The van der Waals surface area contributed by atoms with E-state index >= 15 is 0 Å². The van der Waals surface area contributed by atoms with Gasteiger partial charge in [0.15, 0.2) is 0 Å². The summed E-state index contributed by atoms with van der Waals surface area (Å²) in [4.78, 5) is 14.3. The van der Waals surface area contributed by atoms with Crippen molar-refractivity contribution in [1.29, 1.82) is 0 Å². The van der Waals surface area contributed by atoms with Crippen molar-refractivity contribution in [2.45, 2.75) is 59.0 Å². The molecule has 0 rings (SSSR count). The zero-order chi connectivity index (χ0) is 14.2. The summed E-state index contributed by atoms with van der Waals surface area (Å²) < 4.78 is 5.18. The number of hydrogen-bond acceptors (Lipinski definition) is 4. The molecule has 0 bridgehead atoms. The SMILES string of the molecule is CCOC(=O)C(C)(CCCN(C)CC)NC(C)C. The maximum absolute atomic E-state index is 12.0. The van der Waals surface area contributed by atoms with Crippen LogP contribution in [-0.4, -0.2) is 49.2 Å². The fourth-order valence-electron chi connectivity index (χ4n) is 2.02. The molecule has 0 spiro atoms. The van der Waals surface area contributed by atoms with Gasteiger partial charge < -0.3 is 9.64 Å². The van der Waals surface area contributed by atoms with Gasteiger partial charge in [-0.05, 0) is 60.7 Å². The predicted octanol–water partition coefficient (Wildman–Crippen LogP) is 2.04. The lowest BCUT2D eigenvalue weighted by molar-refractivity contribution is -0.151. The van der Waals surface area contributed by atoms with Gasteiger partial charge in [0.2, 0.25) is 0 Å². The minimum atomic E-state index is -0.571. The lowest BCUT2D eigenvalue weighted by Crippen LogP contribution is -2.53. The molecular formula is C14H30N2O2. The molecule has 108 valence electrons. The van der Waals surface area contributed by atoms with Gasteiger partial charge in [0.25, 0.3) is 0 Å². The van der Waals surface area contributed by atoms with Crippen LogP contribution in [0, 0.1) is 0 Å². The Bertz CT molecular complexity index is 244. The summed E-state index contributed by atoms with van der Waals surface area (Å²) in [6, 6.07) is 0.267. The average Bonchev–Trinajstić information content (AvgIpc) is 2.28. The van der Waals surface area contributed by atoms with Crippen molar-refractivity contribution in [3.05, 3.63) is 0 Å². The summed E-state index contributed by atoms with van der Waals surface area (Å²) in [5, 5.41) is 3.34. The average molecular weight is 258 g/mol. The van der Waals surface area contributed by atoms with E-state index in [0.29, 0.717) is 6.61 Å². The fourth-order valence-corrected chi connectivity index (χ4v) is 2.02. The van der Waals surface area contributed by atoms with Crippen LogP contribution >= 0.6 is 0 Å². The summed E-state index contributed by atoms with van der Waals surface area (Å²) in [6.07, 6.45) is 1.79. The van der Waals surface area contributed by atoms with Crippen molar-refractivity contribution in [2.75, 3.05) is 26.7 Å². The van der Waals surface area contributed by atoms with Crippen molar-refractivity contribution in [3.8, 4) is 0 Å². The predicted molar refractivity (Wildman–Crippen MR) is 75.7 cm³/mol. The van der Waals surface area contributed by atoms with Gasteiger partial charge in [0.1, 0.15) is 5.54 Å². The van der Waals surface area contributed by atoms with E-state index in [9.17, 15) is 4.79 Å². The first-order chi connectivity index (χ1) is 8.35. The van der Waals surface area contributed by atoms with E-state index < -0.39 is 5.54 Å². The molecule has 0 aromatic carbocycles. The van der Waals surface area contributed by atoms with Crippen LogP contribution in [0.25, 0.3) is 0 Å². The van der Waals surface area contributed by atoms with Gasteiger partial charge in [-0.2, -0.15) is 0 Å². The van der Waals surface area contributed by atoms with Gasteiger partial charge >= 0.3 is 5.97 Å². The summed E-state index contributed by atoms with van der Waals surface area (Å²) in [5.74, 6) is -0.141. The molecule has 0 amide bonds. The third-order valence-electron chi connectivity index (χ3n) is 3.09. The molecule has 0 radical (unpaired) electrons. The number of hydrogen-bond donors (Lipinski definition) is 1. The molecule has 4 heteroatoms. The van der Waals surface area contributed by atoms with Gasteiger partial charge in [0.05, 0.1) is 6.61 Å². The van der Waals surface area contributed by atoms with E-state index in [2.05, 4.69) is 38.0 Å². The van der Waals surface area contributed by atoms with E-state index in [-0.39, 0.29) is 12.0 Å². The maximum Gasteiger partial charge on any atom is 0.326 e. The second kappa shape index (κ2) is 8.48. The molecule has 0 aliphatic carbocycles. The summed E-state index contributed by atoms with van der Waals surface area (Å²) in [5.41, 5.74) is -0.571. The molecule has 0 aliphatic heterocycles. The van der Waals surface area contributed by atoms with Crippen LogP contribution in [0.15, 0.2) is 0 Å². The number of ether oxygens (including phenoxy) is 1. The quantitative estimate of drug-likeness (QED) is 0.643. The first-order valence-electron chi connectivity index (χ1n) is 6.99. The van der Waals surface area contributed by atoms with Crippen molar-refractivity contribution >= 4 is 5.97 Å². The molecule has 0 aromatic heterocycles. The Morgan fingerprint density at radius 1 is 1.39 bits per heavy atom. The number of esters is 1. The summed E-state index contributed by atoms with van der Waals surface area (Å²) >= 11 is 0. The van der Waals surface area contributed by atoms with Crippen LogP contribution < -0.4 is 5.32 Å². The van der Waals surface area contributed by atoms with Crippen LogP contribution in [0.4, 0.5) is 0 Å². The van der Waals surface area contributed by atoms with Gasteiger partial charge in [-0.15, -0.1) is 0 Å². The number of nitrogens with one attached hydrogen (secondary N) is 1. The zero-order valence-corrected chi connectivity index (χ0v) is 12.9. The molecule has 0 fully saturated rings. The molecule has 0 aliphatic rings. The Kier molecular flexibility index (Phi) is 8.20. The van der Waals surface area contributed by atoms with Crippen molar-refractivity contribution < 1.29 is 9.53 Å². The Morgan fingerprint density at radius 3 is 2.44 bits per heavy atom. The molecule has 0 saturated heterocycles. The van der Waals surface area contributed by atoms with Crippen LogP contribution in [-0.2, 0) is 9.53 Å². The van der Waals surface area contributed by atoms with Crippen LogP contribution in [0.3, 0.4) is 0 Å². The first-order valence-corrected chi connectivity index (χ1v) is 6.99. The molecule has 1 unspecified atom stereocenters. The molecular weight excluding hydrogens is 228 g/mol. The first kappa shape index (κ1) is 17.4. The lowest BCUT2D eigenvalue weighted by Gasteiger charge is -2.31. The van der Waals surface area contributed by atoms with E-state index in [1.807, 2.05) is 13.8 Å². The lowest BCUT2D eigenvalue weighted by atomic mass is 9.94. The Hall–Kier alpha value is -0.610. The maximum atomic E-state index is 12.0. The minimum absolute atomic E-state index is 0.141. The Balaban J connectivity index is 4.42. The molecule has 4 nitrogen and oxygen atoms in total. The topological polar surface area (TPSA) is 41.6 Å². The molecule has 18 heavy (non-hydrogen) atoms. The highest BCUT2D eigenvalue weighted by Crippen LogP contribution is 2.16. The number of carbonyl (C=O) groups is 1. The number of carbonyl (C=O) groups excluding carboxylic acids is 1. The van der Waals surface area contributed by atoms with E-state index in [1.165, 1.54) is 0 Å². The van der Waals surface area contributed by atoms with Crippen molar-refractivity contribution in [2.24, 2.45) is 0 Å². The van der Waals surface area contributed by atoms with E-state index in [4.69, 9.17) is 4.74 Å². The van der Waals surface area contributed by atoms with Gasteiger partial charge in [-0.1, -0.05) is 6.92 Å². The fraction of sp³-hybridized carbons (Fsp3) is 0.929. The highest BCUT2D eigenvalue weighted by Gasteiger charge is 2.34. The van der Waals surface area contributed by atoms with E-state index in [1.54, 1.807) is 0 Å². The summed E-state index contributed by atoms with van der Waals surface area (Å²) in [7, 11) is 2.09. The highest BCUT2D eigenvalue weighted by molar-refractivity contribution is 5.80. The van der Waals surface area contributed by atoms with Crippen molar-refractivity contribution in [1.82, 2.24) is 10.2 Å². The molecule has 0 heterocycles. The monoisotopic (exact) mass is 258 g/mol. The molecule has 0 saturated carbocycles. The van der Waals surface area contributed by atoms with Gasteiger partial charge in [-0.3, -0.25) is 10.1 Å². The third kappa shape index (κ3) is 6.36. The van der Waals surface area contributed by atoms with E-state index in [0.717, 1.165) is 25.9 Å². The Labute approximate surface area is 112 Å². The Morgan fingerprint density at radius 2 is 2.00 bits per heavy atom. The van der Waals surface area contributed by atoms with Crippen molar-refractivity contribution in [3.63, 3.8) is 0 Å². The standard InChI is InChI=1S/C14H30N2O2/c1-7-16(6)11-9-10-14(5,15-12(3)4)13(17)18-8-2/h12,15H,7-11H2,1-6H3. The zero-order valence-electron chi connectivity index (χ0n) is 12.9. The highest BCUT2D eigenvalue weighted by atomic mass is 16.5. The molecule has 1 N–H and O–H groups in total. The number of rotatable bonds is 9. The normalized spacial score (nSPS) is 14.9. The van der Waals surface area contributed by atoms with Crippen LogP contribution in [0.5, 0.6) is 0 Å². The third-order valence-corrected chi connectivity index (χ3v) is 3.09. The second-order valence-corrected chi connectivity index (χ2v) is 5.35. The molecule has 0 aromatic rings. The van der Waals surface area contributed by atoms with Gasteiger partial charge in [0, 0.05) is 6.04 Å². The minimum Gasteiger partial charge on any atom is -0.465 e. The molecule has 1 atom stereocenters. The van der Waals surface area contributed by atoms with Crippen LogP contribution in [0.1, 0.15) is 47.5 Å². The smallest absolute Gasteiger partial charge is 0.326 e. The number of nitrogens with zero attached hydrogens (tertiary/aromatic N) is 1. The van der Waals surface area contributed by atoms with Gasteiger partial charge in [-0.25, -0.2) is 0 Å².